The number of methoxy groups -OCH3 is 2. The highest BCUT2D eigenvalue weighted by Crippen LogP contribution is 2.40. The lowest BCUT2D eigenvalue weighted by Gasteiger charge is -2.17. The van der Waals surface area contributed by atoms with Crippen LogP contribution < -0.4 is 4.74 Å². The van der Waals surface area contributed by atoms with E-state index in [9.17, 15) is 14.0 Å². The summed E-state index contributed by atoms with van der Waals surface area (Å²) in [6, 6.07) is 5.54. The van der Waals surface area contributed by atoms with Crippen molar-refractivity contribution in [1.29, 1.82) is 0 Å². The second kappa shape index (κ2) is 7.01. The minimum absolute atomic E-state index is 0.208. The first-order chi connectivity index (χ1) is 11.3. The second-order valence-electron chi connectivity index (χ2n) is 5.18. The Bertz CT molecular complexity index is 830. The monoisotopic (exact) mass is 350 g/mol. The Balaban J connectivity index is 2.81. The SMILES string of the molecule is COC(=O)c1cc(-c2c(C)c(Cl)cc(C(C)=O)c2OC)ccc1F. The number of carbonyl (C=O) groups excluding carboxylic acids is 2. The maximum atomic E-state index is 13.9. The van der Waals surface area contributed by atoms with E-state index in [1.54, 1.807) is 6.92 Å². The zero-order chi connectivity index (χ0) is 18.0. The lowest BCUT2D eigenvalue weighted by atomic mass is 9.94. The van der Waals surface area contributed by atoms with E-state index in [4.69, 9.17) is 16.3 Å². The Hall–Kier alpha value is -2.40. The van der Waals surface area contributed by atoms with Gasteiger partial charge >= 0.3 is 5.97 Å². The third-order valence-corrected chi connectivity index (χ3v) is 4.11. The molecule has 0 fully saturated rings. The molecule has 0 radical (unpaired) electrons. The van der Waals surface area contributed by atoms with Crippen LogP contribution >= 0.6 is 11.6 Å². The highest BCUT2D eigenvalue weighted by molar-refractivity contribution is 6.32. The Morgan fingerprint density at radius 2 is 1.79 bits per heavy atom. The third kappa shape index (κ3) is 3.12. The van der Waals surface area contributed by atoms with Crippen molar-refractivity contribution in [3.05, 3.63) is 51.8 Å². The van der Waals surface area contributed by atoms with E-state index in [0.29, 0.717) is 33.0 Å². The quantitative estimate of drug-likeness (QED) is 0.603. The van der Waals surface area contributed by atoms with Crippen molar-refractivity contribution in [3.63, 3.8) is 0 Å². The lowest BCUT2D eigenvalue weighted by Crippen LogP contribution is -2.06. The highest BCUT2D eigenvalue weighted by atomic mass is 35.5. The molecule has 0 saturated carbocycles. The molecule has 0 aliphatic rings. The summed E-state index contributed by atoms with van der Waals surface area (Å²) in [6.45, 7) is 3.16. The van der Waals surface area contributed by atoms with E-state index in [1.807, 2.05) is 0 Å². The van der Waals surface area contributed by atoms with Gasteiger partial charge in [-0.15, -0.1) is 0 Å². The summed E-state index contributed by atoms with van der Waals surface area (Å²) < 4.78 is 23.9. The molecule has 2 aromatic carbocycles. The third-order valence-electron chi connectivity index (χ3n) is 3.72. The number of benzene rings is 2. The summed E-state index contributed by atoms with van der Waals surface area (Å²) in [6.07, 6.45) is 0. The van der Waals surface area contributed by atoms with Crippen LogP contribution in [0.4, 0.5) is 4.39 Å². The van der Waals surface area contributed by atoms with Crippen molar-refractivity contribution in [2.45, 2.75) is 13.8 Å². The second-order valence-corrected chi connectivity index (χ2v) is 5.59. The van der Waals surface area contributed by atoms with Gasteiger partial charge < -0.3 is 9.47 Å². The Labute approximate surface area is 144 Å². The van der Waals surface area contributed by atoms with Gasteiger partial charge in [0.15, 0.2) is 5.78 Å². The average Bonchev–Trinajstić information content (AvgIpc) is 2.56. The molecule has 0 amide bonds. The summed E-state index contributed by atoms with van der Waals surface area (Å²) in [5.74, 6) is -1.38. The van der Waals surface area contributed by atoms with Gasteiger partial charge in [0.1, 0.15) is 11.6 Å². The summed E-state index contributed by atoms with van der Waals surface area (Å²) in [4.78, 5) is 23.6. The molecule has 0 saturated heterocycles. The van der Waals surface area contributed by atoms with Crippen LogP contribution in [0, 0.1) is 12.7 Å². The Morgan fingerprint density at radius 1 is 1.12 bits per heavy atom. The molecule has 0 bridgehead atoms. The van der Waals surface area contributed by atoms with E-state index in [1.165, 1.54) is 39.3 Å². The molecule has 0 heterocycles. The van der Waals surface area contributed by atoms with Gasteiger partial charge in [-0.3, -0.25) is 4.79 Å². The van der Waals surface area contributed by atoms with Crippen LogP contribution in [0.2, 0.25) is 5.02 Å². The van der Waals surface area contributed by atoms with Gasteiger partial charge in [0.2, 0.25) is 0 Å². The van der Waals surface area contributed by atoms with E-state index >= 15 is 0 Å². The maximum Gasteiger partial charge on any atom is 0.340 e. The number of esters is 1. The smallest absolute Gasteiger partial charge is 0.340 e. The molecule has 0 aromatic heterocycles. The van der Waals surface area contributed by atoms with E-state index in [0.717, 1.165) is 6.07 Å². The van der Waals surface area contributed by atoms with Gasteiger partial charge in [-0.1, -0.05) is 17.7 Å². The van der Waals surface area contributed by atoms with Crippen LogP contribution in [0.5, 0.6) is 5.75 Å². The molecule has 0 N–H and O–H groups in total. The normalized spacial score (nSPS) is 10.4. The molecule has 0 atom stereocenters. The molecule has 0 unspecified atom stereocenters. The van der Waals surface area contributed by atoms with Crippen molar-refractivity contribution < 1.29 is 23.5 Å². The predicted molar refractivity (Wildman–Crippen MR) is 89.5 cm³/mol. The average molecular weight is 351 g/mol. The van der Waals surface area contributed by atoms with Crippen LogP contribution in [-0.2, 0) is 4.74 Å². The molecular weight excluding hydrogens is 335 g/mol. The number of halogens is 2. The number of ether oxygens (including phenoxy) is 2. The highest BCUT2D eigenvalue weighted by Gasteiger charge is 2.21. The largest absolute Gasteiger partial charge is 0.495 e. The number of carbonyl (C=O) groups is 2. The number of Topliss-reactive ketones (excluding diaryl/α,β-unsaturated/α-hetero) is 1. The summed E-state index contributed by atoms with van der Waals surface area (Å²) in [5, 5.41) is 0.375. The van der Waals surface area contributed by atoms with Crippen LogP contribution in [-0.4, -0.2) is 26.0 Å². The van der Waals surface area contributed by atoms with E-state index in [-0.39, 0.29) is 11.3 Å². The van der Waals surface area contributed by atoms with Crippen molar-refractivity contribution in [2.24, 2.45) is 0 Å². The summed E-state index contributed by atoms with van der Waals surface area (Å²) >= 11 is 6.23. The topological polar surface area (TPSA) is 52.6 Å². The van der Waals surface area contributed by atoms with Crippen molar-refractivity contribution in [2.75, 3.05) is 14.2 Å². The van der Waals surface area contributed by atoms with Gasteiger partial charge in [0.25, 0.3) is 0 Å². The molecule has 126 valence electrons. The first-order valence-electron chi connectivity index (χ1n) is 7.08. The van der Waals surface area contributed by atoms with Gasteiger partial charge in [-0.05, 0) is 43.2 Å². The van der Waals surface area contributed by atoms with Gasteiger partial charge in [-0.25, -0.2) is 9.18 Å². The van der Waals surface area contributed by atoms with Gasteiger partial charge in [0, 0.05) is 10.6 Å². The molecule has 0 aliphatic heterocycles. The van der Waals surface area contributed by atoms with Crippen LogP contribution in [0.1, 0.15) is 33.2 Å². The molecular formula is C18H16ClFO4. The number of ketones is 1. The molecule has 6 heteroatoms. The molecule has 2 aromatic rings. The number of hydrogen-bond donors (Lipinski definition) is 0. The minimum Gasteiger partial charge on any atom is -0.495 e. The van der Waals surface area contributed by atoms with Crippen LogP contribution in [0.15, 0.2) is 24.3 Å². The number of hydrogen-bond acceptors (Lipinski definition) is 4. The van der Waals surface area contributed by atoms with E-state index in [2.05, 4.69) is 4.74 Å². The molecule has 4 nitrogen and oxygen atoms in total. The Morgan fingerprint density at radius 3 is 2.33 bits per heavy atom. The summed E-state index contributed by atoms with van der Waals surface area (Å²) in [5.41, 5.74) is 1.78. The number of rotatable bonds is 4. The maximum absolute atomic E-state index is 13.9. The fourth-order valence-electron chi connectivity index (χ4n) is 2.49. The zero-order valence-corrected chi connectivity index (χ0v) is 14.5. The molecule has 0 spiro atoms. The first-order valence-corrected chi connectivity index (χ1v) is 7.45. The van der Waals surface area contributed by atoms with Crippen LogP contribution in [0.25, 0.3) is 11.1 Å². The lowest BCUT2D eigenvalue weighted by molar-refractivity contribution is 0.0595. The molecule has 2 rings (SSSR count). The zero-order valence-electron chi connectivity index (χ0n) is 13.7. The first kappa shape index (κ1) is 17.9. The molecule has 0 aliphatic carbocycles. The fourth-order valence-corrected chi connectivity index (χ4v) is 2.70. The van der Waals surface area contributed by atoms with Gasteiger partial charge in [0.05, 0.1) is 25.3 Å². The minimum atomic E-state index is -0.792. The van der Waals surface area contributed by atoms with Crippen molar-refractivity contribution in [3.8, 4) is 16.9 Å². The van der Waals surface area contributed by atoms with Crippen molar-refractivity contribution in [1.82, 2.24) is 0 Å². The predicted octanol–water partition coefficient (Wildman–Crippen LogP) is 4.45. The fraction of sp³-hybridized carbons (Fsp3) is 0.222. The molecule has 24 heavy (non-hydrogen) atoms. The summed E-state index contributed by atoms with van der Waals surface area (Å²) in [7, 11) is 2.61. The Kier molecular flexibility index (Phi) is 5.24. The van der Waals surface area contributed by atoms with E-state index < -0.39 is 11.8 Å². The standard InChI is InChI=1S/C18H16ClFO4/c1-9-14(19)8-12(10(2)21)17(23-3)16(9)11-5-6-15(20)13(7-11)18(22)24-4/h5-8H,1-4H3. The van der Waals surface area contributed by atoms with Crippen molar-refractivity contribution >= 4 is 23.4 Å². The van der Waals surface area contributed by atoms with Gasteiger partial charge in [-0.2, -0.15) is 0 Å². The van der Waals surface area contributed by atoms with Crippen LogP contribution in [0.3, 0.4) is 0 Å².